The number of para-hydroxylation sites is 1. The Hall–Kier alpha value is -1.06. The molecule has 0 unspecified atom stereocenters. The molecule has 0 heterocycles. The van der Waals surface area contributed by atoms with Crippen LogP contribution in [0, 0.1) is 0 Å². The lowest BCUT2D eigenvalue weighted by molar-refractivity contribution is 0.117. The molecule has 0 aliphatic heterocycles. The Kier molecular flexibility index (Phi) is 5.02. The fraction of sp³-hybridized carbons (Fsp3) is 0.600. The molecule has 1 aromatic carbocycles. The van der Waals surface area contributed by atoms with Crippen LogP contribution in [0.3, 0.4) is 0 Å². The first-order valence-electron chi connectivity index (χ1n) is 6.83. The number of aliphatic hydroxyl groups is 1. The SMILES string of the molecule is COc1ccccc1CCNC1CCC(O)CC1. The Balaban J connectivity index is 1.75. The van der Waals surface area contributed by atoms with Gasteiger partial charge in [-0.15, -0.1) is 0 Å². The highest BCUT2D eigenvalue weighted by Gasteiger charge is 2.18. The lowest BCUT2D eigenvalue weighted by Gasteiger charge is -2.26. The molecule has 0 bridgehead atoms. The molecule has 100 valence electrons. The molecule has 0 radical (unpaired) electrons. The number of hydrogen-bond donors (Lipinski definition) is 2. The van der Waals surface area contributed by atoms with E-state index in [-0.39, 0.29) is 6.10 Å². The molecular formula is C15H23NO2. The molecular weight excluding hydrogens is 226 g/mol. The summed E-state index contributed by atoms with van der Waals surface area (Å²) in [7, 11) is 1.72. The maximum Gasteiger partial charge on any atom is 0.122 e. The summed E-state index contributed by atoms with van der Waals surface area (Å²) in [5.41, 5.74) is 1.25. The zero-order valence-electron chi connectivity index (χ0n) is 11.1. The maximum atomic E-state index is 9.45. The first-order chi connectivity index (χ1) is 8.79. The standard InChI is InChI=1S/C15H23NO2/c1-18-15-5-3-2-4-12(15)10-11-16-13-6-8-14(17)9-7-13/h2-5,13-14,16-17H,6-11H2,1H3. The molecule has 1 aliphatic carbocycles. The van der Waals surface area contributed by atoms with Crippen LogP contribution in [0.5, 0.6) is 5.75 Å². The highest BCUT2D eigenvalue weighted by atomic mass is 16.5. The average molecular weight is 249 g/mol. The van der Waals surface area contributed by atoms with Crippen molar-refractivity contribution in [2.45, 2.75) is 44.2 Å². The minimum absolute atomic E-state index is 0.0720. The van der Waals surface area contributed by atoms with Crippen LogP contribution in [0.25, 0.3) is 0 Å². The Morgan fingerprint density at radius 3 is 2.67 bits per heavy atom. The molecule has 0 spiro atoms. The molecule has 0 amide bonds. The third kappa shape index (κ3) is 3.72. The summed E-state index contributed by atoms with van der Waals surface area (Å²) in [6.45, 7) is 0.973. The van der Waals surface area contributed by atoms with Crippen molar-refractivity contribution >= 4 is 0 Å². The lowest BCUT2D eigenvalue weighted by atomic mass is 9.93. The molecule has 2 rings (SSSR count). The normalized spacial score (nSPS) is 23.9. The maximum absolute atomic E-state index is 9.45. The summed E-state index contributed by atoms with van der Waals surface area (Å²) in [6.07, 6.45) is 4.97. The van der Waals surface area contributed by atoms with Gasteiger partial charge in [-0.2, -0.15) is 0 Å². The van der Waals surface area contributed by atoms with Gasteiger partial charge in [0.15, 0.2) is 0 Å². The zero-order chi connectivity index (χ0) is 12.8. The first-order valence-corrected chi connectivity index (χ1v) is 6.83. The van der Waals surface area contributed by atoms with Crippen molar-refractivity contribution < 1.29 is 9.84 Å². The molecule has 1 fully saturated rings. The van der Waals surface area contributed by atoms with Crippen LogP contribution >= 0.6 is 0 Å². The van der Waals surface area contributed by atoms with Crippen LogP contribution in [0.15, 0.2) is 24.3 Å². The van der Waals surface area contributed by atoms with Crippen molar-refractivity contribution in [3.8, 4) is 5.75 Å². The van der Waals surface area contributed by atoms with Crippen LogP contribution in [0.4, 0.5) is 0 Å². The number of methoxy groups -OCH3 is 1. The largest absolute Gasteiger partial charge is 0.496 e. The monoisotopic (exact) mass is 249 g/mol. The molecule has 0 saturated heterocycles. The fourth-order valence-corrected chi connectivity index (χ4v) is 2.60. The van der Waals surface area contributed by atoms with Gasteiger partial charge in [-0.05, 0) is 50.3 Å². The van der Waals surface area contributed by atoms with Crippen LogP contribution in [-0.4, -0.2) is 30.9 Å². The van der Waals surface area contributed by atoms with Gasteiger partial charge in [-0.1, -0.05) is 18.2 Å². The van der Waals surface area contributed by atoms with Gasteiger partial charge >= 0.3 is 0 Å². The molecule has 3 nitrogen and oxygen atoms in total. The van der Waals surface area contributed by atoms with Gasteiger partial charge in [0.25, 0.3) is 0 Å². The number of aliphatic hydroxyl groups excluding tert-OH is 1. The van der Waals surface area contributed by atoms with E-state index in [1.165, 1.54) is 5.56 Å². The minimum Gasteiger partial charge on any atom is -0.496 e. The van der Waals surface area contributed by atoms with E-state index in [1.54, 1.807) is 7.11 Å². The Morgan fingerprint density at radius 1 is 1.22 bits per heavy atom. The van der Waals surface area contributed by atoms with Crippen molar-refractivity contribution in [1.29, 1.82) is 0 Å². The molecule has 0 aromatic heterocycles. The second kappa shape index (κ2) is 6.76. The van der Waals surface area contributed by atoms with Gasteiger partial charge in [-0.25, -0.2) is 0 Å². The predicted octanol–water partition coefficient (Wildman–Crippen LogP) is 2.13. The summed E-state index contributed by atoms with van der Waals surface area (Å²) in [6, 6.07) is 8.74. The summed E-state index contributed by atoms with van der Waals surface area (Å²) < 4.78 is 5.34. The quantitative estimate of drug-likeness (QED) is 0.840. The molecule has 0 atom stereocenters. The van der Waals surface area contributed by atoms with E-state index >= 15 is 0 Å². The van der Waals surface area contributed by atoms with Gasteiger partial charge in [0.05, 0.1) is 13.2 Å². The highest BCUT2D eigenvalue weighted by molar-refractivity contribution is 5.33. The Bertz CT molecular complexity index is 359. The summed E-state index contributed by atoms with van der Waals surface area (Å²) in [5.74, 6) is 0.971. The van der Waals surface area contributed by atoms with E-state index < -0.39 is 0 Å². The number of benzene rings is 1. The molecule has 2 N–H and O–H groups in total. The zero-order valence-corrected chi connectivity index (χ0v) is 11.1. The van der Waals surface area contributed by atoms with Crippen molar-refractivity contribution in [2.75, 3.05) is 13.7 Å². The van der Waals surface area contributed by atoms with E-state index in [9.17, 15) is 5.11 Å². The molecule has 18 heavy (non-hydrogen) atoms. The van der Waals surface area contributed by atoms with Gasteiger partial charge in [-0.3, -0.25) is 0 Å². The summed E-state index contributed by atoms with van der Waals surface area (Å²) in [4.78, 5) is 0. The topological polar surface area (TPSA) is 41.5 Å². The highest BCUT2D eigenvalue weighted by Crippen LogP contribution is 2.19. The van der Waals surface area contributed by atoms with Crippen LogP contribution < -0.4 is 10.1 Å². The van der Waals surface area contributed by atoms with Crippen molar-refractivity contribution in [2.24, 2.45) is 0 Å². The molecule has 1 aliphatic rings. The minimum atomic E-state index is -0.0720. The lowest BCUT2D eigenvalue weighted by Crippen LogP contribution is -2.35. The van der Waals surface area contributed by atoms with Crippen LogP contribution in [0.1, 0.15) is 31.2 Å². The van der Waals surface area contributed by atoms with Crippen molar-refractivity contribution in [3.05, 3.63) is 29.8 Å². The molecule has 1 aromatic rings. The Morgan fingerprint density at radius 2 is 1.94 bits per heavy atom. The van der Waals surface area contributed by atoms with Gasteiger partial charge in [0.2, 0.25) is 0 Å². The fourth-order valence-electron chi connectivity index (χ4n) is 2.60. The number of hydrogen-bond acceptors (Lipinski definition) is 3. The molecule has 1 saturated carbocycles. The number of rotatable bonds is 5. The van der Waals surface area contributed by atoms with Crippen molar-refractivity contribution in [3.63, 3.8) is 0 Å². The van der Waals surface area contributed by atoms with E-state index in [0.29, 0.717) is 6.04 Å². The van der Waals surface area contributed by atoms with Crippen LogP contribution in [0.2, 0.25) is 0 Å². The third-order valence-electron chi connectivity index (χ3n) is 3.72. The Labute approximate surface area is 109 Å². The number of ether oxygens (including phenoxy) is 1. The van der Waals surface area contributed by atoms with Gasteiger partial charge < -0.3 is 15.2 Å². The average Bonchev–Trinajstić information content (AvgIpc) is 2.41. The predicted molar refractivity (Wildman–Crippen MR) is 73.0 cm³/mol. The summed E-state index contributed by atoms with van der Waals surface area (Å²) >= 11 is 0. The molecule has 3 heteroatoms. The summed E-state index contributed by atoms with van der Waals surface area (Å²) in [5, 5.41) is 13.0. The second-order valence-electron chi connectivity index (χ2n) is 5.02. The van der Waals surface area contributed by atoms with E-state index in [0.717, 1.165) is 44.4 Å². The third-order valence-corrected chi connectivity index (χ3v) is 3.72. The van der Waals surface area contributed by atoms with Gasteiger partial charge in [0, 0.05) is 6.04 Å². The smallest absolute Gasteiger partial charge is 0.122 e. The van der Waals surface area contributed by atoms with Gasteiger partial charge in [0.1, 0.15) is 5.75 Å². The second-order valence-corrected chi connectivity index (χ2v) is 5.02. The first kappa shape index (κ1) is 13.4. The number of nitrogens with one attached hydrogen (secondary N) is 1. The van der Waals surface area contributed by atoms with E-state index in [4.69, 9.17) is 4.74 Å². The van der Waals surface area contributed by atoms with E-state index in [1.807, 2.05) is 12.1 Å². The van der Waals surface area contributed by atoms with Crippen molar-refractivity contribution in [1.82, 2.24) is 5.32 Å². The van der Waals surface area contributed by atoms with E-state index in [2.05, 4.69) is 17.4 Å². The van der Waals surface area contributed by atoms with Crippen LogP contribution in [-0.2, 0) is 6.42 Å².